The quantitative estimate of drug-likeness (QED) is 0.452. The number of hydrogen-bond acceptors (Lipinski definition) is 5. The normalized spacial score (nSPS) is 10.8. The van der Waals surface area contributed by atoms with Crippen LogP contribution in [0.5, 0.6) is 5.75 Å². The molecule has 9 heteroatoms. The molecule has 30 heavy (non-hydrogen) atoms. The number of nitrogens with zero attached hydrogens (tertiary/aromatic N) is 3. The van der Waals surface area contributed by atoms with Crippen LogP contribution in [0.2, 0.25) is 0 Å². The molecule has 0 aliphatic heterocycles. The maximum atomic E-state index is 13.5. The Bertz CT molecular complexity index is 1200. The lowest BCUT2D eigenvalue weighted by atomic mass is 10.1. The van der Waals surface area contributed by atoms with Gasteiger partial charge in [0.15, 0.2) is 17.5 Å². The molecule has 6 nitrogen and oxygen atoms in total. The summed E-state index contributed by atoms with van der Waals surface area (Å²) in [6, 6.07) is 8.61. The number of aryl methyl sites for hydroxylation is 1. The van der Waals surface area contributed by atoms with Crippen LogP contribution in [0.4, 0.5) is 24.8 Å². The number of hydrogen-bond donors (Lipinski definition) is 2. The zero-order valence-electron chi connectivity index (χ0n) is 16.0. The monoisotopic (exact) mass is 411 g/mol. The van der Waals surface area contributed by atoms with Crippen LogP contribution in [-0.4, -0.2) is 27.0 Å². The van der Waals surface area contributed by atoms with Crippen molar-refractivity contribution in [1.82, 2.24) is 19.9 Å². The summed E-state index contributed by atoms with van der Waals surface area (Å²) in [6.45, 7) is 1.90. The topological polar surface area (TPSA) is 75.7 Å². The molecule has 0 aliphatic carbocycles. The summed E-state index contributed by atoms with van der Waals surface area (Å²) < 4.78 is 45.7. The van der Waals surface area contributed by atoms with Gasteiger partial charge < -0.3 is 15.0 Å². The fraction of sp³-hybridized carbons (Fsp3) is 0.0952. The maximum absolute atomic E-state index is 13.5. The summed E-state index contributed by atoms with van der Waals surface area (Å²) >= 11 is 0. The summed E-state index contributed by atoms with van der Waals surface area (Å²) in [7, 11) is 1.55. The molecule has 2 aromatic carbocycles. The van der Waals surface area contributed by atoms with Crippen molar-refractivity contribution in [2.75, 3.05) is 12.4 Å². The second-order valence-electron chi connectivity index (χ2n) is 6.47. The van der Waals surface area contributed by atoms with E-state index in [0.29, 0.717) is 17.3 Å². The molecule has 4 aromatic rings. The highest BCUT2D eigenvalue weighted by molar-refractivity contribution is 5.71. The molecule has 0 atom stereocenters. The molecule has 0 bridgehead atoms. The van der Waals surface area contributed by atoms with Crippen molar-refractivity contribution in [3.8, 4) is 28.4 Å². The van der Waals surface area contributed by atoms with Crippen molar-refractivity contribution in [2.24, 2.45) is 0 Å². The lowest BCUT2D eigenvalue weighted by Gasteiger charge is -2.11. The van der Waals surface area contributed by atoms with E-state index in [0.717, 1.165) is 23.4 Å². The average molecular weight is 411 g/mol. The number of halogens is 3. The van der Waals surface area contributed by atoms with Gasteiger partial charge in [0.05, 0.1) is 18.4 Å². The smallest absolute Gasteiger partial charge is 0.227 e. The number of rotatable bonds is 5. The van der Waals surface area contributed by atoms with Gasteiger partial charge in [0, 0.05) is 35.4 Å². The van der Waals surface area contributed by atoms with Gasteiger partial charge in [-0.2, -0.15) is 0 Å². The molecular weight excluding hydrogens is 395 g/mol. The minimum absolute atomic E-state index is 0.0953. The molecule has 0 radical (unpaired) electrons. The van der Waals surface area contributed by atoms with Crippen molar-refractivity contribution < 1.29 is 17.9 Å². The first-order valence-electron chi connectivity index (χ1n) is 8.89. The lowest BCUT2D eigenvalue weighted by molar-refractivity contribution is 0.416. The van der Waals surface area contributed by atoms with Crippen molar-refractivity contribution in [2.45, 2.75) is 6.92 Å². The molecule has 2 N–H and O–H groups in total. The molecular formula is C21H16F3N5O. The number of imidazole rings is 1. The number of benzene rings is 2. The molecule has 2 heterocycles. The number of ether oxygens (including phenoxy) is 1. The van der Waals surface area contributed by atoms with E-state index in [1.807, 2.05) is 13.0 Å². The maximum Gasteiger partial charge on any atom is 0.227 e. The van der Waals surface area contributed by atoms with Gasteiger partial charge in [-0.1, -0.05) is 0 Å². The predicted molar refractivity (Wildman–Crippen MR) is 106 cm³/mol. The van der Waals surface area contributed by atoms with E-state index in [9.17, 15) is 13.2 Å². The van der Waals surface area contributed by atoms with Crippen LogP contribution in [0.3, 0.4) is 0 Å². The number of methoxy groups -OCH3 is 1. The van der Waals surface area contributed by atoms with Crippen LogP contribution in [-0.2, 0) is 0 Å². The minimum atomic E-state index is -1.52. The highest BCUT2D eigenvalue weighted by atomic mass is 19.2. The van der Waals surface area contributed by atoms with Crippen molar-refractivity contribution in [3.63, 3.8) is 0 Å². The van der Waals surface area contributed by atoms with E-state index in [2.05, 4.69) is 25.3 Å². The molecule has 4 rings (SSSR count). The fourth-order valence-electron chi connectivity index (χ4n) is 2.93. The molecule has 0 saturated carbocycles. The zero-order chi connectivity index (χ0) is 21.3. The third kappa shape index (κ3) is 3.82. The second kappa shape index (κ2) is 7.86. The van der Waals surface area contributed by atoms with Crippen LogP contribution < -0.4 is 10.1 Å². The summed E-state index contributed by atoms with van der Waals surface area (Å²) in [6.07, 6.45) is 3.16. The Labute approximate surface area is 169 Å². The van der Waals surface area contributed by atoms with Gasteiger partial charge in [0.2, 0.25) is 5.95 Å². The number of H-pyrrole nitrogens is 1. The standard InChI is InChI=1S/C21H16F3N5O/c1-11-10-26-20(27-11)14-4-3-13(9-18(14)30-2)28-21-25-6-5-17(29-21)12-7-15(22)19(24)16(23)8-12/h3-10H,1-2H3,(H,26,27)(H,25,28,29). The van der Waals surface area contributed by atoms with E-state index in [1.165, 1.54) is 12.3 Å². The van der Waals surface area contributed by atoms with E-state index in [1.54, 1.807) is 25.4 Å². The fourth-order valence-corrected chi connectivity index (χ4v) is 2.93. The summed E-state index contributed by atoms with van der Waals surface area (Å²) in [5.41, 5.74) is 2.67. The average Bonchev–Trinajstić information content (AvgIpc) is 3.17. The number of aromatic nitrogens is 4. The van der Waals surface area contributed by atoms with Crippen LogP contribution in [0.1, 0.15) is 5.69 Å². The van der Waals surface area contributed by atoms with Gasteiger partial charge >= 0.3 is 0 Å². The van der Waals surface area contributed by atoms with Crippen molar-refractivity contribution >= 4 is 11.6 Å². The molecule has 0 spiro atoms. The van der Waals surface area contributed by atoms with Crippen molar-refractivity contribution in [1.29, 1.82) is 0 Å². The van der Waals surface area contributed by atoms with Crippen molar-refractivity contribution in [3.05, 3.63) is 71.9 Å². The largest absolute Gasteiger partial charge is 0.496 e. The molecule has 152 valence electrons. The van der Waals surface area contributed by atoms with Gasteiger partial charge in [-0.05, 0) is 37.3 Å². The highest BCUT2D eigenvalue weighted by Crippen LogP contribution is 2.31. The summed E-state index contributed by atoms with van der Waals surface area (Å²) in [4.78, 5) is 15.8. The first-order valence-corrected chi connectivity index (χ1v) is 8.89. The lowest BCUT2D eigenvalue weighted by Crippen LogP contribution is -2.00. The number of nitrogens with one attached hydrogen (secondary N) is 2. The molecule has 0 fully saturated rings. The number of anilines is 2. The Kier molecular flexibility index (Phi) is 5.09. The van der Waals surface area contributed by atoms with E-state index in [4.69, 9.17) is 4.74 Å². The predicted octanol–water partition coefficient (Wildman–Crippen LogP) is 5.01. The Morgan fingerprint density at radius 2 is 1.77 bits per heavy atom. The van der Waals surface area contributed by atoms with Crippen LogP contribution in [0, 0.1) is 24.4 Å². The van der Waals surface area contributed by atoms with Gasteiger partial charge in [0.1, 0.15) is 11.6 Å². The molecule has 0 amide bonds. The summed E-state index contributed by atoms with van der Waals surface area (Å²) in [5.74, 6) is -2.65. The van der Waals surface area contributed by atoms with Gasteiger partial charge in [-0.3, -0.25) is 0 Å². The van der Waals surface area contributed by atoms with Gasteiger partial charge in [-0.15, -0.1) is 0 Å². The molecule has 0 aliphatic rings. The van der Waals surface area contributed by atoms with Crippen LogP contribution in [0.15, 0.2) is 48.8 Å². The van der Waals surface area contributed by atoms with E-state index >= 15 is 0 Å². The molecule has 0 saturated heterocycles. The van der Waals surface area contributed by atoms with E-state index in [-0.39, 0.29) is 17.2 Å². The first-order chi connectivity index (χ1) is 14.4. The van der Waals surface area contributed by atoms with Crippen LogP contribution >= 0.6 is 0 Å². The zero-order valence-corrected chi connectivity index (χ0v) is 16.0. The first kappa shape index (κ1) is 19.4. The summed E-state index contributed by atoms with van der Waals surface area (Å²) in [5, 5.41) is 3.02. The SMILES string of the molecule is COc1cc(Nc2nccc(-c3cc(F)c(F)c(F)c3)n2)ccc1-c1ncc(C)[nH]1. The Balaban J connectivity index is 1.63. The highest BCUT2D eigenvalue weighted by Gasteiger charge is 2.14. The Morgan fingerprint density at radius 3 is 2.43 bits per heavy atom. The Morgan fingerprint density at radius 1 is 1.00 bits per heavy atom. The van der Waals surface area contributed by atoms with Gasteiger partial charge in [0.25, 0.3) is 0 Å². The molecule has 2 aromatic heterocycles. The third-order valence-electron chi connectivity index (χ3n) is 4.35. The van der Waals surface area contributed by atoms with Crippen LogP contribution in [0.25, 0.3) is 22.6 Å². The minimum Gasteiger partial charge on any atom is -0.496 e. The number of aromatic amines is 1. The van der Waals surface area contributed by atoms with Gasteiger partial charge in [-0.25, -0.2) is 28.1 Å². The third-order valence-corrected chi connectivity index (χ3v) is 4.35. The second-order valence-corrected chi connectivity index (χ2v) is 6.47. The van der Waals surface area contributed by atoms with E-state index < -0.39 is 17.5 Å². The Hall–Kier alpha value is -3.88. The molecule has 0 unspecified atom stereocenters.